The van der Waals surface area contributed by atoms with Crippen LogP contribution in [-0.2, 0) is 17.6 Å². The number of aliphatic carboxylic acids is 1. The van der Waals surface area contributed by atoms with E-state index in [0.717, 1.165) is 40.6 Å². The van der Waals surface area contributed by atoms with Crippen molar-refractivity contribution in [3.8, 4) is 0 Å². The number of carboxylic acids is 1. The van der Waals surface area contributed by atoms with Crippen molar-refractivity contribution in [2.24, 2.45) is 0 Å². The largest absolute Gasteiger partial charge is 0.478 e. The molecule has 112 valence electrons. The first kappa shape index (κ1) is 13.4. The van der Waals surface area contributed by atoms with Crippen LogP contribution >= 0.6 is 11.3 Å². The summed E-state index contributed by atoms with van der Waals surface area (Å²) < 4.78 is 1.71. The second-order valence-corrected chi connectivity index (χ2v) is 6.51. The van der Waals surface area contributed by atoms with Crippen LogP contribution in [0.25, 0.3) is 21.9 Å². The van der Waals surface area contributed by atoms with Gasteiger partial charge in [0, 0.05) is 11.0 Å². The lowest BCUT2D eigenvalue weighted by molar-refractivity contribution is -0.131. The smallest absolute Gasteiger partial charge is 0.328 e. The van der Waals surface area contributed by atoms with Crippen LogP contribution in [0.2, 0.25) is 0 Å². The third kappa shape index (κ3) is 2.00. The molecule has 0 fully saturated rings. The standard InChI is InChI=1S/C15H14N4O2S/c1-8-16-15-13(9-4-2-3-5-10(9)22-15)14-17-11(18-19(8)14)6-7-12(20)21/h6-7H,2-5H2,1H3,(H,20,21)/b7-6+. The van der Waals surface area contributed by atoms with Crippen molar-refractivity contribution < 1.29 is 9.90 Å². The number of hydrogen-bond donors (Lipinski definition) is 1. The Labute approximate surface area is 130 Å². The second kappa shape index (κ2) is 4.88. The van der Waals surface area contributed by atoms with Crippen LogP contribution in [0.15, 0.2) is 6.08 Å². The molecule has 1 N–H and O–H groups in total. The predicted molar refractivity (Wildman–Crippen MR) is 84.2 cm³/mol. The fourth-order valence-corrected chi connectivity index (χ4v) is 4.29. The molecule has 0 amide bonds. The first-order valence-corrected chi connectivity index (χ1v) is 8.04. The van der Waals surface area contributed by atoms with Gasteiger partial charge in [0.2, 0.25) is 0 Å². The maximum atomic E-state index is 10.7. The van der Waals surface area contributed by atoms with Crippen LogP contribution in [0, 0.1) is 6.92 Å². The highest BCUT2D eigenvalue weighted by Crippen LogP contribution is 2.37. The highest BCUT2D eigenvalue weighted by Gasteiger charge is 2.21. The van der Waals surface area contributed by atoms with Crippen molar-refractivity contribution >= 4 is 39.2 Å². The molecule has 0 aromatic carbocycles. The number of carboxylic acid groups (broad SMARTS) is 1. The minimum Gasteiger partial charge on any atom is -0.478 e. The first-order valence-electron chi connectivity index (χ1n) is 7.22. The Morgan fingerprint density at radius 1 is 1.32 bits per heavy atom. The predicted octanol–water partition coefficient (Wildman–Crippen LogP) is 2.62. The fourth-order valence-electron chi connectivity index (χ4n) is 2.99. The Balaban J connectivity index is 2.00. The van der Waals surface area contributed by atoms with E-state index in [9.17, 15) is 4.79 Å². The molecule has 0 bridgehead atoms. The van der Waals surface area contributed by atoms with E-state index in [1.807, 2.05) is 6.92 Å². The number of hydrogen-bond acceptors (Lipinski definition) is 5. The zero-order valence-electron chi connectivity index (χ0n) is 12.0. The van der Waals surface area contributed by atoms with Crippen molar-refractivity contribution in [2.45, 2.75) is 32.6 Å². The molecule has 4 rings (SSSR count). The van der Waals surface area contributed by atoms with Gasteiger partial charge in [0.15, 0.2) is 11.5 Å². The number of aromatic nitrogens is 4. The molecule has 0 aliphatic heterocycles. The normalized spacial score (nSPS) is 15.0. The molecule has 0 saturated heterocycles. The molecule has 3 aromatic rings. The van der Waals surface area contributed by atoms with Gasteiger partial charge >= 0.3 is 5.97 Å². The molecule has 6 nitrogen and oxygen atoms in total. The van der Waals surface area contributed by atoms with Gasteiger partial charge in [0.1, 0.15) is 10.7 Å². The topological polar surface area (TPSA) is 80.4 Å². The molecule has 3 aromatic heterocycles. The van der Waals surface area contributed by atoms with Crippen LogP contribution in [0.4, 0.5) is 0 Å². The van der Waals surface area contributed by atoms with Gasteiger partial charge in [-0.25, -0.2) is 14.8 Å². The molecule has 3 heterocycles. The van der Waals surface area contributed by atoms with Crippen LogP contribution in [0.1, 0.15) is 34.9 Å². The summed E-state index contributed by atoms with van der Waals surface area (Å²) >= 11 is 1.75. The quantitative estimate of drug-likeness (QED) is 0.735. The lowest BCUT2D eigenvalue weighted by Gasteiger charge is -2.10. The molecule has 0 spiro atoms. The van der Waals surface area contributed by atoms with Crippen LogP contribution in [0.5, 0.6) is 0 Å². The summed E-state index contributed by atoms with van der Waals surface area (Å²) in [6.45, 7) is 1.89. The summed E-state index contributed by atoms with van der Waals surface area (Å²) in [6, 6.07) is 0. The average Bonchev–Trinajstić information content (AvgIpc) is 3.05. The fraction of sp³-hybridized carbons (Fsp3) is 0.333. The summed E-state index contributed by atoms with van der Waals surface area (Å²) in [5.41, 5.74) is 2.14. The van der Waals surface area contributed by atoms with Gasteiger partial charge in [0.25, 0.3) is 0 Å². The molecule has 1 aliphatic carbocycles. The van der Waals surface area contributed by atoms with Crippen molar-refractivity contribution in [2.75, 3.05) is 0 Å². The zero-order valence-corrected chi connectivity index (χ0v) is 12.9. The van der Waals surface area contributed by atoms with Crippen LogP contribution in [0.3, 0.4) is 0 Å². The summed E-state index contributed by atoms with van der Waals surface area (Å²) in [7, 11) is 0. The summed E-state index contributed by atoms with van der Waals surface area (Å²) in [6.07, 6.45) is 7.06. The van der Waals surface area contributed by atoms with Crippen molar-refractivity contribution in [1.29, 1.82) is 0 Å². The molecule has 0 saturated carbocycles. The van der Waals surface area contributed by atoms with Crippen molar-refractivity contribution in [3.63, 3.8) is 0 Å². The SMILES string of the molecule is Cc1nc2sc3c(c2c2nc(/C=C/C(=O)O)nn12)CCCC3. The number of thiophene rings is 1. The molecular formula is C15H14N4O2S. The maximum absolute atomic E-state index is 10.7. The molecule has 7 heteroatoms. The minimum absolute atomic E-state index is 0.399. The lowest BCUT2D eigenvalue weighted by Crippen LogP contribution is -2.01. The molecule has 0 radical (unpaired) electrons. The molecule has 22 heavy (non-hydrogen) atoms. The van der Waals surface area contributed by atoms with Gasteiger partial charge in [0.05, 0.1) is 5.39 Å². The molecule has 0 atom stereocenters. The van der Waals surface area contributed by atoms with E-state index >= 15 is 0 Å². The maximum Gasteiger partial charge on any atom is 0.328 e. The van der Waals surface area contributed by atoms with Gasteiger partial charge in [-0.2, -0.15) is 4.52 Å². The summed E-state index contributed by atoms with van der Waals surface area (Å²) in [5.74, 6) is 0.158. The zero-order chi connectivity index (χ0) is 15.3. The van der Waals surface area contributed by atoms with E-state index in [-0.39, 0.29) is 0 Å². The number of carbonyl (C=O) groups is 1. The monoisotopic (exact) mass is 314 g/mol. The molecule has 0 unspecified atom stereocenters. The third-order valence-electron chi connectivity index (χ3n) is 3.94. The van der Waals surface area contributed by atoms with Gasteiger partial charge in [-0.05, 0) is 44.2 Å². The van der Waals surface area contributed by atoms with Crippen LogP contribution in [-0.4, -0.2) is 30.7 Å². The lowest BCUT2D eigenvalue weighted by atomic mass is 9.97. The number of fused-ring (bicyclic) bond motifs is 5. The second-order valence-electron chi connectivity index (χ2n) is 5.43. The van der Waals surface area contributed by atoms with E-state index in [4.69, 9.17) is 5.11 Å². The Hall–Kier alpha value is -2.28. The van der Waals surface area contributed by atoms with E-state index in [0.29, 0.717) is 5.82 Å². The van der Waals surface area contributed by atoms with Crippen molar-refractivity contribution in [1.82, 2.24) is 19.6 Å². The van der Waals surface area contributed by atoms with Gasteiger partial charge < -0.3 is 5.11 Å². The Kier molecular flexibility index (Phi) is 2.97. The number of rotatable bonds is 2. The highest BCUT2D eigenvalue weighted by atomic mass is 32.1. The van der Waals surface area contributed by atoms with E-state index in [2.05, 4.69) is 15.1 Å². The average molecular weight is 314 g/mol. The van der Waals surface area contributed by atoms with E-state index in [1.54, 1.807) is 15.9 Å². The van der Waals surface area contributed by atoms with E-state index in [1.165, 1.54) is 29.4 Å². The van der Waals surface area contributed by atoms with Crippen LogP contribution < -0.4 is 0 Å². The first-order chi connectivity index (χ1) is 10.6. The highest BCUT2D eigenvalue weighted by molar-refractivity contribution is 7.19. The van der Waals surface area contributed by atoms with Crippen molar-refractivity contribution in [3.05, 3.63) is 28.2 Å². The molecule has 1 aliphatic rings. The Morgan fingerprint density at radius 3 is 2.95 bits per heavy atom. The van der Waals surface area contributed by atoms with Gasteiger partial charge in [-0.1, -0.05) is 0 Å². The Bertz CT molecular complexity index is 938. The van der Waals surface area contributed by atoms with E-state index < -0.39 is 5.97 Å². The van der Waals surface area contributed by atoms with Gasteiger partial charge in [-0.15, -0.1) is 16.4 Å². The van der Waals surface area contributed by atoms with Gasteiger partial charge in [-0.3, -0.25) is 0 Å². The third-order valence-corrected chi connectivity index (χ3v) is 5.13. The number of nitrogens with zero attached hydrogens (tertiary/aromatic N) is 4. The summed E-state index contributed by atoms with van der Waals surface area (Å²) in [4.78, 5) is 22.3. The molecular weight excluding hydrogens is 300 g/mol. The summed E-state index contributed by atoms with van der Waals surface area (Å²) in [5, 5.41) is 14.2. The number of aryl methyl sites for hydroxylation is 3. The Morgan fingerprint density at radius 2 is 2.14 bits per heavy atom. The minimum atomic E-state index is -1.01.